The van der Waals surface area contributed by atoms with E-state index >= 15 is 0 Å². The zero-order valence-corrected chi connectivity index (χ0v) is 19.5. The molecule has 0 saturated carbocycles. The van der Waals surface area contributed by atoms with E-state index < -0.39 is 24.4 Å². The molecule has 31 heavy (non-hydrogen) atoms. The van der Waals surface area contributed by atoms with Gasteiger partial charge < -0.3 is 24.8 Å². The van der Waals surface area contributed by atoms with Crippen molar-refractivity contribution >= 4 is 23.0 Å². The summed E-state index contributed by atoms with van der Waals surface area (Å²) in [7, 11) is 5.60. The molecule has 0 aliphatic carbocycles. The summed E-state index contributed by atoms with van der Waals surface area (Å²) in [4.78, 5) is 27.4. The fourth-order valence-corrected chi connectivity index (χ4v) is 3.02. The van der Waals surface area contributed by atoms with Gasteiger partial charge in [-0.05, 0) is 50.2 Å². The van der Waals surface area contributed by atoms with Gasteiger partial charge >= 0.3 is 12.1 Å². The maximum absolute atomic E-state index is 13.0. The van der Waals surface area contributed by atoms with E-state index in [1.807, 2.05) is 53.9 Å². The van der Waals surface area contributed by atoms with E-state index in [1.54, 1.807) is 19.4 Å². The third-order valence-corrected chi connectivity index (χ3v) is 5.10. The van der Waals surface area contributed by atoms with Crippen LogP contribution in [0.5, 0.6) is 5.75 Å². The van der Waals surface area contributed by atoms with E-state index in [1.165, 1.54) is 4.57 Å². The number of ether oxygens (including phenoxy) is 3. The highest BCUT2D eigenvalue weighted by atomic mass is 16.7. The van der Waals surface area contributed by atoms with Crippen LogP contribution in [-0.4, -0.2) is 61.6 Å². The summed E-state index contributed by atoms with van der Waals surface area (Å²) in [5.74, 6) is -0.197. The van der Waals surface area contributed by atoms with E-state index in [4.69, 9.17) is 19.9 Å². The molecule has 2 aromatic rings. The third kappa shape index (κ3) is 6.21. The first kappa shape index (κ1) is 24.7. The molecule has 0 saturated heterocycles. The zero-order chi connectivity index (χ0) is 23.3. The van der Waals surface area contributed by atoms with Crippen LogP contribution >= 0.6 is 0 Å². The highest BCUT2D eigenvalue weighted by Crippen LogP contribution is 2.27. The van der Waals surface area contributed by atoms with Crippen LogP contribution in [0.4, 0.5) is 4.79 Å². The van der Waals surface area contributed by atoms with Crippen molar-refractivity contribution in [3.8, 4) is 5.75 Å². The average molecular weight is 434 g/mol. The maximum Gasteiger partial charge on any atom is 0.421 e. The summed E-state index contributed by atoms with van der Waals surface area (Å²) in [6.07, 6.45) is 0.874. The van der Waals surface area contributed by atoms with Gasteiger partial charge in [-0.25, -0.2) is 4.79 Å². The van der Waals surface area contributed by atoms with Crippen LogP contribution in [0.15, 0.2) is 24.4 Å². The summed E-state index contributed by atoms with van der Waals surface area (Å²) in [6.45, 7) is 8.11. The average Bonchev–Trinajstić information content (AvgIpc) is 3.08. The normalized spacial score (nSPS) is 13.6. The van der Waals surface area contributed by atoms with E-state index in [9.17, 15) is 9.59 Å². The van der Waals surface area contributed by atoms with Crippen LogP contribution in [0.25, 0.3) is 10.9 Å². The highest BCUT2D eigenvalue weighted by molar-refractivity contribution is 5.93. The summed E-state index contributed by atoms with van der Waals surface area (Å²) < 4.78 is 17.8. The molecule has 0 spiro atoms. The van der Waals surface area contributed by atoms with Gasteiger partial charge in [0, 0.05) is 24.0 Å². The molecular weight excluding hydrogens is 398 g/mol. The van der Waals surface area contributed by atoms with Gasteiger partial charge in [0.25, 0.3) is 6.29 Å². The molecule has 1 aromatic carbocycles. The molecule has 1 aromatic heterocycles. The fourth-order valence-electron chi connectivity index (χ4n) is 3.02. The topological polar surface area (TPSA) is 96.0 Å². The van der Waals surface area contributed by atoms with Crippen molar-refractivity contribution in [1.29, 1.82) is 0 Å². The molecule has 0 amide bonds. The molecule has 0 aliphatic rings. The second-order valence-electron chi connectivity index (χ2n) is 8.66. The van der Waals surface area contributed by atoms with Crippen LogP contribution < -0.4 is 10.5 Å². The van der Waals surface area contributed by atoms with Crippen molar-refractivity contribution in [3.63, 3.8) is 0 Å². The lowest BCUT2D eigenvalue weighted by molar-refractivity contribution is -0.177. The number of likely N-dealkylation sites (N-methyl/N-ethyl adjacent to an activating group) is 1. The third-order valence-electron chi connectivity index (χ3n) is 5.10. The Labute approximate surface area is 184 Å². The van der Waals surface area contributed by atoms with Crippen molar-refractivity contribution < 1.29 is 23.8 Å². The molecule has 2 atom stereocenters. The number of nitrogens with two attached hydrogens (primary N) is 1. The molecule has 2 N–H and O–H groups in total. The van der Waals surface area contributed by atoms with E-state index in [0.717, 1.165) is 23.9 Å². The SMILES string of the molecule is COc1ccc2c(c1)c(CCN(C)C)cn2C(=O)OC(OC(=O)[C@@H](N)C(C)C)C(C)C. The minimum absolute atomic E-state index is 0.0846. The number of carbonyl (C=O) groups is 2. The van der Waals surface area contributed by atoms with Gasteiger partial charge in [-0.3, -0.25) is 9.36 Å². The Morgan fingerprint density at radius 1 is 1.10 bits per heavy atom. The lowest BCUT2D eigenvalue weighted by atomic mass is 10.1. The van der Waals surface area contributed by atoms with Crippen LogP contribution in [-0.2, 0) is 20.7 Å². The summed E-state index contributed by atoms with van der Waals surface area (Å²) in [6, 6.07) is 4.74. The predicted molar refractivity (Wildman–Crippen MR) is 120 cm³/mol. The Hall–Kier alpha value is -2.58. The second kappa shape index (κ2) is 10.6. The molecule has 0 aliphatic heterocycles. The molecule has 8 heteroatoms. The van der Waals surface area contributed by atoms with Crippen molar-refractivity contribution in [3.05, 3.63) is 30.0 Å². The van der Waals surface area contributed by atoms with Crippen LogP contribution in [0, 0.1) is 11.8 Å². The first-order valence-corrected chi connectivity index (χ1v) is 10.5. The molecule has 2 rings (SSSR count). The number of benzene rings is 1. The number of nitrogens with zero attached hydrogens (tertiary/aromatic N) is 2. The molecule has 0 bridgehead atoms. The fraction of sp³-hybridized carbons (Fsp3) is 0.565. The van der Waals surface area contributed by atoms with Crippen LogP contribution in [0.3, 0.4) is 0 Å². The number of rotatable bonds is 9. The van der Waals surface area contributed by atoms with E-state index in [0.29, 0.717) is 11.3 Å². The minimum Gasteiger partial charge on any atom is -0.497 e. The molecule has 172 valence electrons. The van der Waals surface area contributed by atoms with Crippen molar-refractivity contribution in [2.75, 3.05) is 27.7 Å². The Bertz CT molecular complexity index is 904. The van der Waals surface area contributed by atoms with E-state index in [2.05, 4.69) is 4.90 Å². The number of carbonyl (C=O) groups excluding carboxylic acids is 2. The van der Waals surface area contributed by atoms with Gasteiger partial charge in [0.05, 0.1) is 12.6 Å². The first-order chi connectivity index (χ1) is 14.5. The minimum atomic E-state index is -1.04. The molecular formula is C23H35N3O5. The summed E-state index contributed by atoms with van der Waals surface area (Å²) in [5.41, 5.74) is 7.58. The quantitative estimate of drug-likeness (QED) is 0.479. The number of hydrogen-bond donors (Lipinski definition) is 1. The summed E-state index contributed by atoms with van der Waals surface area (Å²) in [5, 5.41) is 0.915. The zero-order valence-electron chi connectivity index (χ0n) is 19.5. The highest BCUT2D eigenvalue weighted by Gasteiger charge is 2.28. The van der Waals surface area contributed by atoms with Gasteiger partial charge in [0.1, 0.15) is 11.8 Å². The number of esters is 1. The molecule has 1 unspecified atom stereocenters. The second-order valence-corrected chi connectivity index (χ2v) is 8.66. The maximum atomic E-state index is 13.0. The first-order valence-electron chi connectivity index (χ1n) is 10.5. The van der Waals surface area contributed by atoms with Crippen LogP contribution in [0.1, 0.15) is 33.3 Å². The number of aromatic nitrogens is 1. The van der Waals surface area contributed by atoms with Gasteiger partial charge in [-0.2, -0.15) is 0 Å². The lowest BCUT2D eigenvalue weighted by Gasteiger charge is -2.24. The van der Waals surface area contributed by atoms with Gasteiger partial charge in [-0.1, -0.05) is 27.7 Å². The largest absolute Gasteiger partial charge is 0.497 e. The Kier molecular flexibility index (Phi) is 8.47. The molecule has 0 fully saturated rings. The lowest BCUT2D eigenvalue weighted by Crippen LogP contribution is -2.41. The monoisotopic (exact) mass is 433 g/mol. The Morgan fingerprint density at radius 3 is 2.32 bits per heavy atom. The molecule has 8 nitrogen and oxygen atoms in total. The van der Waals surface area contributed by atoms with Gasteiger partial charge in [-0.15, -0.1) is 0 Å². The Morgan fingerprint density at radius 2 is 1.77 bits per heavy atom. The van der Waals surface area contributed by atoms with Crippen LogP contribution in [0.2, 0.25) is 0 Å². The number of hydrogen-bond acceptors (Lipinski definition) is 7. The molecule has 1 heterocycles. The molecule has 0 radical (unpaired) electrons. The summed E-state index contributed by atoms with van der Waals surface area (Å²) >= 11 is 0. The Balaban J connectivity index is 2.31. The van der Waals surface area contributed by atoms with Crippen molar-refractivity contribution in [1.82, 2.24) is 9.47 Å². The number of methoxy groups -OCH3 is 1. The van der Waals surface area contributed by atoms with Crippen molar-refractivity contribution in [2.45, 2.75) is 46.4 Å². The van der Waals surface area contributed by atoms with E-state index in [-0.39, 0.29) is 11.8 Å². The number of fused-ring (bicyclic) bond motifs is 1. The van der Waals surface area contributed by atoms with Crippen molar-refractivity contribution in [2.24, 2.45) is 17.6 Å². The smallest absolute Gasteiger partial charge is 0.421 e. The van der Waals surface area contributed by atoms with Gasteiger partial charge in [0.2, 0.25) is 0 Å². The predicted octanol–water partition coefficient (Wildman–Crippen LogP) is 3.25. The van der Waals surface area contributed by atoms with Gasteiger partial charge in [0.15, 0.2) is 0 Å². The standard InChI is InChI=1S/C23H35N3O5/c1-14(2)20(24)21(27)30-22(15(3)4)31-23(28)26-13-16(10-11-25(5)6)18-12-17(29-7)8-9-19(18)26/h8-9,12-15,20,22H,10-11,24H2,1-7H3/t20-,22?/m0/s1.